The summed E-state index contributed by atoms with van der Waals surface area (Å²) in [4.78, 5) is 33.6. The lowest BCUT2D eigenvalue weighted by Gasteiger charge is -2.31. The maximum Gasteiger partial charge on any atom is 0.506 e. The molecule has 9 atom stereocenters. The van der Waals surface area contributed by atoms with Gasteiger partial charge in [0.25, 0.3) is 0 Å². The smallest absolute Gasteiger partial charge is 0.453 e. The molecule has 0 saturated heterocycles. The van der Waals surface area contributed by atoms with E-state index in [0.717, 1.165) is 0 Å². The van der Waals surface area contributed by atoms with E-state index in [9.17, 15) is 50.1 Å². The van der Waals surface area contributed by atoms with Crippen molar-refractivity contribution in [3.05, 3.63) is 0 Å². The molecule has 0 aliphatic heterocycles. The Bertz CT molecular complexity index is 527. The highest BCUT2D eigenvalue weighted by Crippen LogP contribution is 2.16. The van der Waals surface area contributed by atoms with Gasteiger partial charge in [-0.15, -0.1) is 0 Å². The zero-order chi connectivity index (χ0) is 22.9. The summed E-state index contributed by atoms with van der Waals surface area (Å²) in [6.07, 6.45) is -22.9. The summed E-state index contributed by atoms with van der Waals surface area (Å²) in [6, 6.07) is 0. The van der Waals surface area contributed by atoms with Crippen molar-refractivity contribution in [2.24, 2.45) is 0 Å². The molecule has 170 valence electrons. The molecule has 15 nitrogen and oxygen atoms in total. The highest BCUT2D eigenvalue weighted by atomic mass is 16.7. The Hall–Kier alpha value is -1.95. The number of carbonyl (C=O) groups excluding carboxylic acids is 2. The number of aliphatic hydroxyl groups is 9. The van der Waals surface area contributed by atoms with Crippen LogP contribution >= 0.6 is 0 Å². The molecule has 10 N–H and O–H groups in total. The number of hydrogen-bond donors (Lipinski definition) is 10. The Labute approximate surface area is 162 Å². The van der Waals surface area contributed by atoms with Crippen molar-refractivity contribution in [1.29, 1.82) is 0 Å². The van der Waals surface area contributed by atoms with E-state index in [1.807, 2.05) is 0 Å². The van der Waals surface area contributed by atoms with Crippen LogP contribution in [0.1, 0.15) is 0 Å². The summed E-state index contributed by atoms with van der Waals surface area (Å²) >= 11 is 0. The second-order valence-corrected chi connectivity index (χ2v) is 5.79. The minimum absolute atomic E-state index is 0.238. The van der Waals surface area contributed by atoms with Crippen molar-refractivity contribution in [2.75, 3.05) is 13.2 Å². The van der Waals surface area contributed by atoms with E-state index in [1.165, 1.54) is 0 Å². The van der Waals surface area contributed by atoms with Crippen LogP contribution in [0.15, 0.2) is 0 Å². The lowest BCUT2D eigenvalue weighted by Crippen LogP contribution is -2.55. The van der Waals surface area contributed by atoms with E-state index in [1.54, 1.807) is 0 Å². The molecule has 0 amide bonds. The number of ether oxygens (including phenoxy) is 2. The highest BCUT2D eigenvalue weighted by molar-refractivity contribution is 5.76. The lowest BCUT2D eigenvalue weighted by atomic mass is 9.99. The monoisotopic (exact) mass is 432 g/mol. The molecule has 0 rings (SSSR count). The van der Waals surface area contributed by atoms with Gasteiger partial charge in [-0.3, -0.25) is 4.79 Å². The molecule has 15 heteroatoms. The van der Waals surface area contributed by atoms with E-state index >= 15 is 0 Å². The largest absolute Gasteiger partial charge is 0.506 e. The number of rotatable bonds is 13. The number of aldehydes is 1. The number of aliphatic hydroxyl groups excluding tert-OH is 9. The molecule has 0 spiro atoms. The Balaban J connectivity index is 5.46. The van der Waals surface area contributed by atoms with Crippen molar-refractivity contribution in [3.8, 4) is 0 Å². The van der Waals surface area contributed by atoms with Gasteiger partial charge in [-0.1, -0.05) is 0 Å². The molecule has 0 aromatic carbocycles. The van der Waals surface area contributed by atoms with Crippen LogP contribution in [0.5, 0.6) is 0 Å². The standard InChI is InChI=1S/C14H24O15/c15-1-4(18)7(20)9(22)10(23)11(24)13(25)29-12(8(21)5(19)2-16)6(3-17)28-14(26)27/h3-12,15-16,18-24H,1-2H2,(H,26,27)/t4-,5-,6+,7+,8-,9-,10-,11-,12-/m1/s1. The van der Waals surface area contributed by atoms with Gasteiger partial charge in [0.15, 0.2) is 24.6 Å². The molecular weight excluding hydrogens is 408 g/mol. The predicted octanol–water partition coefficient (Wildman–Crippen LogP) is -6.33. The van der Waals surface area contributed by atoms with E-state index in [2.05, 4.69) is 9.47 Å². The summed E-state index contributed by atoms with van der Waals surface area (Å²) in [6.45, 7) is -2.17. The number of hydrogen-bond acceptors (Lipinski definition) is 14. The molecule has 0 aromatic heterocycles. The Morgan fingerprint density at radius 2 is 1.24 bits per heavy atom. The molecule has 29 heavy (non-hydrogen) atoms. The predicted molar refractivity (Wildman–Crippen MR) is 85.1 cm³/mol. The van der Waals surface area contributed by atoms with Crippen molar-refractivity contribution < 1.29 is 74.9 Å². The average Bonchev–Trinajstić information content (AvgIpc) is 2.71. The van der Waals surface area contributed by atoms with Gasteiger partial charge < -0.3 is 60.5 Å². The normalized spacial score (nSPS) is 20.9. The fraction of sp³-hybridized carbons (Fsp3) is 0.786. The maximum atomic E-state index is 12.0. The SMILES string of the molecule is O=C[C@H](OC(=O)O)[C@@H](OC(=O)[C@H](O)[C@H](O)[C@H](O)[C@@H](O)[C@H](O)CO)[C@H](O)[C@H](O)CO. The van der Waals surface area contributed by atoms with Gasteiger partial charge in [0.1, 0.15) is 36.6 Å². The molecule has 0 bridgehead atoms. The quantitative estimate of drug-likeness (QED) is 0.0957. The minimum atomic E-state index is -2.68. The topological polar surface area (TPSA) is 272 Å². The van der Waals surface area contributed by atoms with E-state index in [0.29, 0.717) is 0 Å². The number of carbonyl (C=O) groups is 3. The first-order valence-corrected chi connectivity index (χ1v) is 7.96. The third-order valence-electron chi connectivity index (χ3n) is 3.71. The molecule has 0 aliphatic rings. The second-order valence-electron chi connectivity index (χ2n) is 5.79. The van der Waals surface area contributed by atoms with Crippen LogP contribution in [-0.4, -0.2) is 138 Å². The summed E-state index contributed by atoms with van der Waals surface area (Å²) in [5.41, 5.74) is 0. The second kappa shape index (κ2) is 12.6. The van der Waals surface area contributed by atoms with Crippen LogP contribution in [0.3, 0.4) is 0 Å². The molecule has 0 radical (unpaired) electrons. The number of esters is 1. The molecule has 0 saturated carbocycles. The maximum absolute atomic E-state index is 12.0. The fourth-order valence-corrected chi connectivity index (χ4v) is 2.01. The first-order chi connectivity index (χ1) is 13.4. The van der Waals surface area contributed by atoms with Crippen molar-refractivity contribution in [3.63, 3.8) is 0 Å². The third kappa shape index (κ3) is 7.77. The minimum Gasteiger partial charge on any atom is -0.453 e. The average molecular weight is 432 g/mol. The zero-order valence-electron chi connectivity index (χ0n) is 14.7. The molecule has 0 aromatic rings. The molecule has 0 heterocycles. The Morgan fingerprint density at radius 1 is 0.759 bits per heavy atom. The molecular formula is C14H24O15. The van der Waals surface area contributed by atoms with Gasteiger partial charge >= 0.3 is 12.1 Å². The van der Waals surface area contributed by atoms with Crippen LogP contribution in [0.2, 0.25) is 0 Å². The van der Waals surface area contributed by atoms with E-state index < -0.39 is 80.3 Å². The number of carboxylic acid groups (broad SMARTS) is 1. The van der Waals surface area contributed by atoms with Gasteiger partial charge in [-0.05, 0) is 0 Å². The first kappa shape index (κ1) is 27.0. The van der Waals surface area contributed by atoms with Gasteiger partial charge in [0.2, 0.25) is 0 Å². The van der Waals surface area contributed by atoms with Crippen molar-refractivity contribution >= 4 is 18.4 Å². The highest BCUT2D eigenvalue weighted by Gasteiger charge is 2.43. The van der Waals surface area contributed by atoms with Crippen LogP contribution in [0, 0.1) is 0 Å². The van der Waals surface area contributed by atoms with Crippen molar-refractivity contribution in [2.45, 2.75) is 54.9 Å². The third-order valence-corrected chi connectivity index (χ3v) is 3.71. The van der Waals surface area contributed by atoms with Crippen molar-refractivity contribution in [1.82, 2.24) is 0 Å². The zero-order valence-corrected chi connectivity index (χ0v) is 14.7. The summed E-state index contributed by atoms with van der Waals surface area (Å²) in [5.74, 6) is -1.88. The van der Waals surface area contributed by atoms with Crippen LogP contribution in [0.4, 0.5) is 4.79 Å². The summed E-state index contributed by atoms with van der Waals surface area (Å²) < 4.78 is 8.57. The van der Waals surface area contributed by atoms with Crippen LogP contribution < -0.4 is 0 Å². The molecule has 0 aliphatic carbocycles. The van der Waals surface area contributed by atoms with E-state index in [-0.39, 0.29) is 6.29 Å². The summed E-state index contributed by atoms with van der Waals surface area (Å²) in [7, 11) is 0. The fourth-order valence-electron chi connectivity index (χ4n) is 2.01. The Kier molecular flexibility index (Phi) is 11.7. The Morgan fingerprint density at radius 3 is 1.66 bits per heavy atom. The van der Waals surface area contributed by atoms with Gasteiger partial charge in [0.05, 0.1) is 13.2 Å². The molecule has 0 unspecified atom stereocenters. The van der Waals surface area contributed by atoms with E-state index in [4.69, 9.17) is 15.3 Å². The van der Waals surface area contributed by atoms with Crippen LogP contribution in [0.25, 0.3) is 0 Å². The first-order valence-electron chi connectivity index (χ1n) is 7.96. The summed E-state index contributed by atoms with van der Waals surface area (Å²) in [5, 5.41) is 93.1. The van der Waals surface area contributed by atoms with Gasteiger partial charge in [-0.2, -0.15) is 0 Å². The van der Waals surface area contributed by atoms with Crippen LogP contribution in [-0.2, 0) is 19.1 Å². The van der Waals surface area contributed by atoms with Gasteiger partial charge in [0, 0.05) is 0 Å². The van der Waals surface area contributed by atoms with Gasteiger partial charge in [-0.25, -0.2) is 9.59 Å². The lowest BCUT2D eigenvalue weighted by molar-refractivity contribution is -0.195. The molecule has 0 fully saturated rings.